The average Bonchev–Trinajstić information content (AvgIpc) is 2.53. The van der Waals surface area contributed by atoms with E-state index < -0.39 is 0 Å². The smallest absolute Gasteiger partial charge is 0.194 e. The van der Waals surface area contributed by atoms with Crippen LogP contribution in [0, 0.1) is 13.8 Å². The maximum Gasteiger partial charge on any atom is 0.194 e. The van der Waals surface area contributed by atoms with Crippen LogP contribution < -0.4 is 0 Å². The zero-order chi connectivity index (χ0) is 16.9. The zero-order valence-electron chi connectivity index (χ0n) is 15.5. The molecule has 1 atom stereocenters. The van der Waals surface area contributed by atoms with Crippen molar-refractivity contribution in [2.75, 3.05) is 19.6 Å². The first-order chi connectivity index (χ1) is 11.0. The van der Waals surface area contributed by atoms with Gasteiger partial charge in [0, 0.05) is 12.8 Å². The number of carbonyl (C=O) groups excluding carboxylic acids is 1. The minimum absolute atomic E-state index is 0.189. The molecule has 1 aromatic rings. The Morgan fingerprint density at radius 1 is 1.09 bits per heavy atom. The van der Waals surface area contributed by atoms with E-state index >= 15 is 0 Å². The van der Waals surface area contributed by atoms with Gasteiger partial charge in [-0.2, -0.15) is 0 Å². The highest BCUT2D eigenvalue weighted by molar-refractivity contribution is 5.85. The lowest BCUT2D eigenvalue weighted by Gasteiger charge is -2.46. The number of ketones is 1. The van der Waals surface area contributed by atoms with Gasteiger partial charge in [-0.05, 0) is 56.2 Å². The Hall–Kier alpha value is -1.15. The quantitative estimate of drug-likeness (QED) is 0.672. The van der Waals surface area contributed by atoms with Crippen LogP contribution in [0.3, 0.4) is 0 Å². The number of nitrogens with zero attached hydrogens (tertiary/aromatic N) is 1. The molecule has 2 nitrogen and oxygen atoms in total. The van der Waals surface area contributed by atoms with Gasteiger partial charge in [-0.15, -0.1) is 0 Å². The van der Waals surface area contributed by atoms with Crippen molar-refractivity contribution in [3.8, 4) is 0 Å². The van der Waals surface area contributed by atoms with E-state index in [0.29, 0.717) is 12.2 Å². The number of Topliss-reactive ketones (excluding diaryl/α,β-unsaturated/α-hetero) is 1. The summed E-state index contributed by atoms with van der Waals surface area (Å²) in [4.78, 5) is 13.2. The molecule has 1 aliphatic heterocycles. The SMILES string of the molecule is CCC[N+]1([C@H](CC)C(=O)Cc2c(C)cccc2C)CCCCC1. The van der Waals surface area contributed by atoms with E-state index in [1.807, 2.05) is 0 Å². The molecule has 1 fully saturated rings. The van der Waals surface area contributed by atoms with Gasteiger partial charge < -0.3 is 4.48 Å². The minimum Gasteiger partial charge on any atom is -0.315 e. The highest BCUT2D eigenvalue weighted by atomic mass is 16.1. The average molecular weight is 317 g/mol. The summed E-state index contributed by atoms with van der Waals surface area (Å²) in [5.41, 5.74) is 3.77. The second kappa shape index (κ2) is 8.10. The highest BCUT2D eigenvalue weighted by Crippen LogP contribution is 2.27. The summed E-state index contributed by atoms with van der Waals surface area (Å²) in [6, 6.07) is 6.54. The first-order valence-electron chi connectivity index (χ1n) is 9.47. The fourth-order valence-corrected chi connectivity index (χ4v) is 4.62. The standard InChI is InChI=1S/C21H34NO/c1-5-13-22(14-8-7-9-15-22)20(6-2)21(23)16-19-17(3)11-10-12-18(19)4/h10-12,20H,5-9,13-16H2,1-4H3/q+1/t20-/m1/s1. The summed E-state index contributed by atoms with van der Waals surface area (Å²) in [6.45, 7) is 12.3. The van der Waals surface area contributed by atoms with Crippen molar-refractivity contribution in [1.82, 2.24) is 0 Å². The Morgan fingerprint density at radius 2 is 1.70 bits per heavy atom. The summed E-state index contributed by atoms with van der Waals surface area (Å²) in [7, 11) is 0. The second-order valence-electron chi connectivity index (χ2n) is 7.39. The van der Waals surface area contributed by atoms with Gasteiger partial charge in [-0.1, -0.05) is 32.0 Å². The first kappa shape index (κ1) is 18.2. The molecule has 0 aromatic heterocycles. The molecule has 0 spiro atoms. The van der Waals surface area contributed by atoms with Crippen LogP contribution in [0.1, 0.15) is 62.6 Å². The summed E-state index contributed by atoms with van der Waals surface area (Å²) in [5.74, 6) is 0.459. The molecule has 128 valence electrons. The molecule has 0 amide bonds. The molecule has 2 heteroatoms. The molecule has 2 rings (SSSR count). The van der Waals surface area contributed by atoms with Crippen LogP contribution in [0.4, 0.5) is 0 Å². The van der Waals surface area contributed by atoms with Gasteiger partial charge in [0.25, 0.3) is 0 Å². The van der Waals surface area contributed by atoms with Gasteiger partial charge in [0.1, 0.15) is 6.04 Å². The molecule has 23 heavy (non-hydrogen) atoms. The Labute approximate surface area is 142 Å². The topological polar surface area (TPSA) is 17.1 Å². The first-order valence-corrected chi connectivity index (χ1v) is 9.47. The summed E-state index contributed by atoms with van der Waals surface area (Å²) < 4.78 is 1.05. The van der Waals surface area contributed by atoms with Crippen LogP contribution in [0.2, 0.25) is 0 Å². The van der Waals surface area contributed by atoms with Crippen LogP contribution in [0.25, 0.3) is 0 Å². The minimum atomic E-state index is 0.189. The van der Waals surface area contributed by atoms with Gasteiger partial charge >= 0.3 is 0 Å². The van der Waals surface area contributed by atoms with Gasteiger partial charge in [0.15, 0.2) is 5.78 Å². The molecule has 1 heterocycles. The number of piperidine rings is 1. The number of hydrogen-bond acceptors (Lipinski definition) is 1. The Kier molecular flexibility index (Phi) is 6.41. The summed E-state index contributed by atoms with van der Waals surface area (Å²) in [5, 5.41) is 0. The fraction of sp³-hybridized carbons (Fsp3) is 0.667. The fourth-order valence-electron chi connectivity index (χ4n) is 4.62. The van der Waals surface area contributed by atoms with Crippen LogP contribution in [0.15, 0.2) is 18.2 Å². The van der Waals surface area contributed by atoms with E-state index in [1.165, 1.54) is 55.5 Å². The Balaban J connectivity index is 2.23. The van der Waals surface area contributed by atoms with Crippen molar-refractivity contribution < 1.29 is 9.28 Å². The van der Waals surface area contributed by atoms with Crippen LogP contribution in [-0.2, 0) is 11.2 Å². The number of hydrogen-bond donors (Lipinski definition) is 0. The van der Waals surface area contributed by atoms with E-state index in [2.05, 4.69) is 45.9 Å². The van der Waals surface area contributed by atoms with Crippen molar-refractivity contribution >= 4 is 5.78 Å². The van der Waals surface area contributed by atoms with Crippen molar-refractivity contribution in [2.45, 2.75) is 72.3 Å². The predicted octanol–water partition coefficient (Wildman–Crippen LogP) is 4.60. The predicted molar refractivity (Wildman–Crippen MR) is 97.7 cm³/mol. The number of benzene rings is 1. The maximum atomic E-state index is 13.2. The van der Waals surface area contributed by atoms with Crippen LogP contribution >= 0.6 is 0 Å². The number of quaternary nitrogens is 1. The molecule has 0 bridgehead atoms. The molecule has 1 aromatic carbocycles. The Morgan fingerprint density at radius 3 is 2.22 bits per heavy atom. The molecule has 0 radical (unpaired) electrons. The van der Waals surface area contributed by atoms with E-state index in [9.17, 15) is 4.79 Å². The van der Waals surface area contributed by atoms with Crippen molar-refractivity contribution in [3.05, 3.63) is 34.9 Å². The van der Waals surface area contributed by atoms with Gasteiger partial charge in [0.05, 0.1) is 19.6 Å². The number of aryl methyl sites for hydroxylation is 2. The lowest BCUT2D eigenvalue weighted by Crippen LogP contribution is -2.61. The van der Waals surface area contributed by atoms with Gasteiger partial charge in [-0.3, -0.25) is 4.79 Å². The van der Waals surface area contributed by atoms with Crippen molar-refractivity contribution in [1.29, 1.82) is 0 Å². The van der Waals surface area contributed by atoms with Gasteiger partial charge in [0.2, 0.25) is 0 Å². The molecule has 0 N–H and O–H groups in total. The lowest BCUT2D eigenvalue weighted by molar-refractivity contribution is -0.947. The molecular formula is C21H34NO+. The van der Waals surface area contributed by atoms with E-state index in [4.69, 9.17) is 0 Å². The third-order valence-corrected chi connectivity index (χ3v) is 5.79. The molecule has 0 unspecified atom stereocenters. The molecule has 1 aliphatic rings. The van der Waals surface area contributed by atoms with Crippen LogP contribution in [0.5, 0.6) is 0 Å². The highest BCUT2D eigenvalue weighted by Gasteiger charge is 2.40. The van der Waals surface area contributed by atoms with Crippen molar-refractivity contribution in [2.24, 2.45) is 0 Å². The monoisotopic (exact) mass is 316 g/mol. The summed E-state index contributed by atoms with van der Waals surface area (Å²) >= 11 is 0. The Bertz CT molecular complexity index is 503. The second-order valence-corrected chi connectivity index (χ2v) is 7.39. The maximum absolute atomic E-state index is 13.2. The van der Waals surface area contributed by atoms with E-state index in [-0.39, 0.29) is 6.04 Å². The summed E-state index contributed by atoms with van der Waals surface area (Å²) in [6.07, 6.45) is 6.67. The largest absolute Gasteiger partial charge is 0.315 e. The molecule has 1 saturated heterocycles. The number of carbonyl (C=O) groups is 1. The number of likely N-dealkylation sites (tertiary alicyclic amines) is 1. The number of rotatable bonds is 7. The zero-order valence-corrected chi connectivity index (χ0v) is 15.5. The lowest BCUT2D eigenvalue weighted by atomic mass is 9.91. The van der Waals surface area contributed by atoms with E-state index in [0.717, 1.165) is 17.4 Å². The normalized spacial score (nSPS) is 18.6. The third-order valence-electron chi connectivity index (χ3n) is 5.79. The van der Waals surface area contributed by atoms with Crippen molar-refractivity contribution in [3.63, 3.8) is 0 Å². The van der Waals surface area contributed by atoms with E-state index in [1.54, 1.807) is 0 Å². The van der Waals surface area contributed by atoms with Gasteiger partial charge in [-0.25, -0.2) is 0 Å². The molecule has 0 saturated carbocycles. The molecular weight excluding hydrogens is 282 g/mol. The van der Waals surface area contributed by atoms with Crippen LogP contribution in [-0.4, -0.2) is 35.9 Å². The molecule has 0 aliphatic carbocycles. The third kappa shape index (κ3) is 4.03.